The van der Waals surface area contributed by atoms with Crippen LogP contribution >= 0.6 is 0 Å². The van der Waals surface area contributed by atoms with E-state index < -0.39 is 0 Å². The zero-order chi connectivity index (χ0) is 13.8. The number of aryl methyl sites for hydroxylation is 1. The van der Waals surface area contributed by atoms with E-state index in [-0.39, 0.29) is 0 Å². The van der Waals surface area contributed by atoms with Gasteiger partial charge in [0.15, 0.2) is 0 Å². The van der Waals surface area contributed by atoms with E-state index >= 15 is 0 Å². The van der Waals surface area contributed by atoms with Gasteiger partial charge >= 0.3 is 0 Å². The average molecular weight is 256 g/mol. The third-order valence-corrected chi connectivity index (χ3v) is 2.90. The molecule has 0 aliphatic heterocycles. The van der Waals surface area contributed by atoms with Crippen LogP contribution in [0.4, 0.5) is 11.6 Å². The zero-order valence-corrected chi connectivity index (χ0v) is 11.6. The number of nitrogens with two attached hydrogens (primary N) is 1. The van der Waals surface area contributed by atoms with Crippen LogP contribution in [0.15, 0.2) is 30.3 Å². The summed E-state index contributed by atoms with van der Waals surface area (Å²) in [4.78, 5) is 8.92. The van der Waals surface area contributed by atoms with E-state index in [1.165, 1.54) is 0 Å². The maximum absolute atomic E-state index is 5.66. The van der Waals surface area contributed by atoms with Crippen LogP contribution in [0.2, 0.25) is 0 Å². The molecule has 0 bridgehead atoms. The zero-order valence-electron chi connectivity index (χ0n) is 11.6. The average Bonchev–Trinajstić information content (AvgIpc) is 2.37. The number of rotatable bonds is 4. The number of nitrogen functional groups attached to an aromatic ring is 1. The second kappa shape index (κ2) is 5.69. The topological polar surface area (TPSA) is 63.8 Å². The molecule has 0 fully saturated rings. The van der Waals surface area contributed by atoms with Gasteiger partial charge in [0.25, 0.3) is 0 Å². The number of hydrogen-bond donors (Lipinski definition) is 2. The highest BCUT2D eigenvalue weighted by Crippen LogP contribution is 2.15. The molecule has 0 aliphatic carbocycles. The fourth-order valence-corrected chi connectivity index (χ4v) is 1.78. The molecular weight excluding hydrogens is 236 g/mol. The Bertz CT molecular complexity index is 547. The monoisotopic (exact) mass is 256 g/mol. The summed E-state index contributed by atoms with van der Waals surface area (Å²) in [7, 11) is 0. The normalized spacial score (nSPS) is 10.7. The fourth-order valence-electron chi connectivity index (χ4n) is 1.78. The molecule has 3 N–H and O–H groups in total. The summed E-state index contributed by atoms with van der Waals surface area (Å²) in [5.74, 6) is 1.08. The molecule has 2 rings (SSSR count). The minimum atomic E-state index is 0.402. The van der Waals surface area contributed by atoms with Gasteiger partial charge in [-0.1, -0.05) is 26.0 Å². The Hall–Kier alpha value is -2.10. The lowest BCUT2D eigenvalue weighted by molar-refractivity contribution is 0.808. The molecule has 1 heterocycles. The molecule has 19 heavy (non-hydrogen) atoms. The van der Waals surface area contributed by atoms with Gasteiger partial charge in [0.1, 0.15) is 0 Å². The molecule has 0 saturated carbocycles. The second-order valence-electron chi connectivity index (χ2n) is 5.01. The van der Waals surface area contributed by atoms with Crippen LogP contribution in [-0.4, -0.2) is 9.97 Å². The molecule has 0 aliphatic rings. The van der Waals surface area contributed by atoms with Crippen LogP contribution in [0.1, 0.15) is 36.7 Å². The van der Waals surface area contributed by atoms with E-state index in [1.54, 1.807) is 0 Å². The summed E-state index contributed by atoms with van der Waals surface area (Å²) in [5, 5.41) is 3.25. The first kappa shape index (κ1) is 13.3. The molecule has 0 atom stereocenters. The number of nitrogens with one attached hydrogen (secondary N) is 1. The van der Waals surface area contributed by atoms with Crippen LogP contribution in [0.5, 0.6) is 0 Å². The Morgan fingerprint density at radius 1 is 1.16 bits per heavy atom. The molecule has 0 amide bonds. The van der Waals surface area contributed by atoms with Gasteiger partial charge in [-0.3, -0.25) is 0 Å². The van der Waals surface area contributed by atoms with Crippen molar-refractivity contribution >= 4 is 11.6 Å². The smallest absolute Gasteiger partial charge is 0.223 e. The van der Waals surface area contributed by atoms with Gasteiger partial charge in [-0.25, -0.2) is 9.97 Å². The van der Waals surface area contributed by atoms with Crippen LogP contribution in [0, 0.1) is 6.92 Å². The van der Waals surface area contributed by atoms with Crippen molar-refractivity contribution < 1.29 is 0 Å². The second-order valence-corrected chi connectivity index (χ2v) is 5.01. The van der Waals surface area contributed by atoms with Gasteiger partial charge in [-0.05, 0) is 36.6 Å². The first-order chi connectivity index (χ1) is 9.04. The summed E-state index contributed by atoms with van der Waals surface area (Å²) in [6.45, 7) is 6.94. The Morgan fingerprint density at radius 3 is 2.47 bits per heavy atom. The summed E-state index contributed by atoms with van der Waals surface area (Å²) in [6, 6.07) is 9.82. The predicted octanol–water partition coefficient (Wildman–Crippen LogP) is 3.10. The molecule has 2 aromatic rings. The van der Waals surface area contributed by atoms with E-state index in [2.05, 4.69) is 29.1 Å². The lowest BCUT2D eigenvalue weighted by atomic mass is 10.1. The van der Waals surface area contributed by atoms with Gasteiger partial charge in [-0.2, -0.15) is 0 Å². The lowest BCUT2D eigenvalue weighted by Gasteiger charge is -2.10. The molecule has 1 aromatic heterocycles. The maximum atomic E-state index is 5.66. The lowest BCUT2D eigenvalue weighted by Crippen LogP contribution is -2.07. The van der Waals surface area contributed by atoms with Gasteiger partial charge in [0, 0.05) is 23.6 Å². The van der Waals surface area contributed by atoms with Crippen molar-refractivity contribution in [1.29, 1.82) is 0 Å². The number of anilines is 2. The molecule has 4 nitrogen and oxygen atoms in total. The van der Waals surface area contributed by atoms with E-state index in [9.17, 15) is 0 Å². The Morgan fingerprint density at radius 2 is 1.84 bits per heavy atom. The molecule has 1 aromatic carbocycles. The first-order valence-electron chi connectivity index (χ1n) is 6.48. The van der Waals surface area contributed by atoms with Gasteiger partial charge in [-0.15, -0.1) is 0 Å². The van der Waals surface area contributed by atoms with Crippen molar-refractivity contribution in [3.63, 3.8) is 0 Å². The molecule has 0 saturated heterocycles. The first-order valence-corrected chi connectivity index (χ1v) is 6.48. The minimum absolute atomic E-state index is 0.402. The van der Waals surface area contributed by atoms with Gasteiger partial charge in [0.05, 0.1) is 0 Å². The van der Waals surface area contributed by atoms with Crippen molar-refractivity contribution in [2.24, 2.45) is 0 Å². The van der Waals surface area contributed by atoms with E-state index in [1.807, 2.05) is 37.3 Å². The summed E-state index contributed by atoms with van der Waals surface area (Å²) < 4.78 is 0. The van der Waals surface area contributed by atoms with Crippen molar-refractivity contribution in [2.75, 3.05) is 11.1 Å². The number of benzene rings is 1. The van der Waals surface area contributed by atoms with Crippen molar-refractivity contribution in [1.82, 2.24) is 9.97 Å². The van der Waals surface area contributed by atoms with Crippen LogP contribution in [-0.2, 0) is 6.54 Å². The highest BCUT2D eigenvalue weighted by Gasteiger charge is 2.05. The SMILES string of the molecule is Cc1cc(C(C)C)nc(NCc2ccc(N)cc2)n1. The van der Waals surface area contributed by atoms with E-state index in [0.717, 1.165) is 22.6 Å². The molecule has 0 spiro atoms. The molecule has 0 unspecified atom stereocenters. The summed E-state index contributed by atoms with van der Waals surface area (Å²) in [5.41, 5.74) is 9.64. The van der Waals surface area contributed by atoms with Crippen molar-refractivity contribution in [3.05, 3.63) is 47.3 Å². The van der Waals surface area contributed by atoms with Crippen molar-refractivity contribution in [2.45, 2.75) is 33.2 Å². The largest absolute Gasteiger partial charge is 0.399 e. The summed E-state index contributed by atoms with van der Waals surface area (Å²) in [6.07, 6.45) is 0. The Labute approximate surface area is 114 Å². The predicted molar refractivity (Wildman–Crippen MR) is 79.0 cm³/mol. The molecule has 0 radical (unpaired) electrons. The van der Waals surface area contributed by atoms with E-state index in [4.69, 9.17) is 5.73 Å². The highest BCUT2D eigenvalue weighted by molar-refractivity contribution is 5.40. The van der Waals surface area contributed by atoms with Gasteiger partial charge < -0.3 is 11.1 Å². The van der Waals surface area contributed by atoms with Crippen LogP contribution in [0.3, 0.4) is 0 Å². The number of hydrogen-bond acceptors (Lipinski definition) is 4. The Kier molecular flexibility index (Phi) is 4.00. The molecule has 100 valence electrons. The highest BCUT2D eigenvalue weighted by atomic mass is 15.1. The summed E-state index contributed by atoms with van der Waals surface area (Å²) >= 11 is 0. The standard InChI is InChI=1S/C15H20N4/c1-10(2)14-8-11(3)18-15(19-14)17-9-12-4-6-13(16)7-5-12/h4-8,10H,9,16H2,1-3H3,(H,17,18,19). The molecular formula is C15H20N4. The van der Waals surface area contributed by atoms with Crippen LogP contribution in [0.25, 0.3) is 0 Å². The molecule has 4 heteroatoms. The third-order valence-electron chi connectivity index (χ3n) is 2.90. The third kappa shape index (κ3) is 3.68. The Balaban J connectivity index is 2.08. The number of nitrogens with zero attached hydrogens (tertiary/aromatic N) is 2. The maximum Gasteiger partial charge on any atom is 0.223 e. The van der Waals surface area contributed by atoms with E-state index in [0.29, 0.717) is 18.4 Å². The van der Waals surface area contributed by atoms with Gasteiger partial charge in [0.2, 0.25) is 5.95 Å². The van der Waals surface area contributed by atoms with Crippen molar-refractivity contribution in [3.8, 4) is 0 Å². The van der Waals surface area contributed by atoms with Crippen LogP contribution < -0.4 is 11.1 Å². The quantitative estimate of drug-likeness (QED) is 0.825. The fraction of sp³-hybridized carbons (Fsp3) is 0.333. The number of aromatic nitrogens is 2. The minimum Gasteiger partial charge on any atom is -0.399 e.